The number of hydrogen-bond donors (Lipinski definition) is 1. The second-order valence-electron chi connectivity index (χ2n) is 4.76. The SMILES string of the molecule is CC(C)Cc1cc(C(=O)NC(C)C)ccn1. The van der Waals surface area contributed by atoms with Gasteiger partial charge in [0.15, 0.2) is 0 Å². The molecule has 0 atom stereocenters. The fraction of sp³-hybridized carbons (Fsp3) is 0.538. The van der Waals surface area contributed by atoms with E-state index in [4.69, 9.17) is 0 Å². The summed E-state index contributed by atoms with van der Waals surface area (Å²) < 4.78 is 0. The fourth-order valence-electron chi connectivity index (χ4n) is 1.49. The fourth-order valence-corrected chi connectivity index (χ4v) is 1.49. The molecule has 1 N–H and O–H groups in total. The molecule has 0 saturated heterocycles. The molecule has 16 heavy (non-hydrogen) atoms. The maximum Gasteiger partial charge on any atom is 0.251 e. The molecule has 88 valence electrons. The Morgan fingerprint density at radius 1 is 1.38 bits per heavy atom. The zero-order valence-corrected chi connectivity index (χ0v) is 10.4. The van der Waals surface area contributed by atoms with Crippen LogP contribution in [0.2, 0.25) is 0 Å². The Morgan fingerprint density at radius 2 is 2.06 bits per heavy atom. The zero-order chi connectivity index (χ0) is 12.1. The quantitative estimate of drug-likeness (QED) is 0.846. The lowest BCUT2D eigenvalue weighted by molar-refractivity contribution is 0.0943. The third-order valence-electron chi connectivity index (χ3n) is 2.12. The average molecular weight is 220 g/mol. The van der Waals surface area contributed by atoms with Gasteiger partial charge in [-0.25, -0.2) is 0 Å². The number of carbonyl (C=O) groups is 1. The first kappa shape index (κ1) is 12.7. The highest BCUT2D eigenvalue weighted by atomic mass is 16.1. The van der Waals surface area contributed by atoms with Crippen molar-refractivity contribution in [2.75, 3.05) is 0 Å². The Labute approximate surface area is 97.3 Å². The molecule has 1 amide bonds. The average Bonchev–Trinajstić information content (AvgIpc) is 2.16. The van der Waals surface area contributed by atoms with E-state index < -0.39 is 0 Å². The molecule has 3 heteroatoms. The topological polar surface area (TPSA) is 42.0 Å². The van der Waals surface area contributed by atoms with Gasteiger partial charge in [-0.2, -0.15) is 0 Å². The van der Waals surface area contributed by atoms with E-state index in [9.17, 15) is 4.79 Å². The van der Waals surface area contributed by atoms with E-state index in [0.717, 1.165) is 12.1 Å². The number of aromatic nitrogens is 1. The van der Waals surface area contributed by atoms with Gasteiger partial charge in [0, 0.05) is 23.5 Å². The van der Waals surface area contributed by atoms with Crippen molar-refractivity contribution >= 4 is 5.91 Å². The van der Waals surface area contributed by atoms with Crippen LogP contribution in [-0.4, -0.2) is 16.9 Å². The molecule has 1 aromatic heterocycles. The van der Waals surface area contributed by atoms with E-state index in [1.54, 1.807) is 12.3 Å². The van der Waals surface area contributed by atoms with E-state index in [2.05, 4.69) is 24.1 Å². The Bertz CT molecular complexity index is 359. The van der Waals surface area contributed by atoms with Crippen LogP contribution < -0.4 is 5.32 Å². The van der Waals surface area contributed by atoms with Crippen LogP contribution in [0, 0.1) is 5.92 Å². The predicted molar refractivity (Wildman–Crippen MR) is 65.4 cm³/mol. The number of rotatable bonds is 4. The molecule has 1 aromatic rings. The van der Waals surface area contributed by atoms with Crippen LogP contribution in [0.25, 0.3) is 0 Å². The number of carbonyl (C=O) groups excluding carboxylic acids is 1. The molecule has 0 aromatic carbocycles. The molecule has 1 rings (SSSR count). The van der Waals surface area contributed by atoms with Crippen molar-refractivity contribution in [3.8, 4) is 0 Å². The highest BCUT2D eigenvalue weighted by molar-refractivity contribution is 5.94. The van der Waals surface area contributed by atoms with Gasteiger partial charge in [-0.1, -0.05) is 13.8 Å². The molecule has 0 aliphatic carbocycles. The second-order valence-corrected chi connectivity index (χ2v) is 4.76. The van der Waals surface area contributed by atoms with Gasteiger partial charge in [-0.05, 0) is 38.3 Å². The smallest absolute Gasteiger partial charge is 0.251 e. The molecule has 3 nitrogen and oxygen atoms in total. The first-order chi connectivity index (χ1) is 7.49. The molecule has 1 heterocycles. The largest absolute Gasteiger partial charge is 0.350 e. The summed E-state index contributed by atoms with van der Waals surface area (Å²) in [6.45, 7) is 8.19. The molecule has 0 radical (unpaired) electrons. The normalized spacial score (nSPS) is 10.9. The predicted octanol–water partition coefficient (Wildman–Crippen LogP) is 2.42. The van der Waals surface area contributed by atoms with Gasteiger partial charge in [-0.15, -0.1) is 0 Å². The van der Waals surface area contributed by atoms with E-state index in [-0.39, 0.29) is 11.9 Å². The summed E-state index contributed by atoms with van der Waals surface area (Å²) in [6.07, 6.45) is 2.61. The number of amides is 1. The summed E-state index contributed by atoms with van der Waals surface area (Å²) in [4.78, 5) is 16.0. The minimum absolute atomic E-state index is 0.0255. The van der Waals surface area contributed by atoms with E-state index in [1.807, 2.05) is 19.9 Å². The van der Waals surface area contributed by atoms with Crippen molar-refractivity contribution < 1.29 is 4.79 Å². The molecular weight excluding hydrogens is 200 g/mol. The van der Waals surface area contributed by atoms with Crippen molar-refractivity contribution in [3.63, 3.8) is 0 Å². The molecular formula is C13H20N2O. The molecule has 0 aliphatic rings. The Morgan fingerprint density at radius 3 is 2.62 bits per heavy atom. The van der Waals surface area contributed by atoms with Crippen LogP contribution in [0.5, 0.6) is 0 Å². The molecule has 0 fully saturated rings. The van der Waals surface area contributed by atoms with E-state index >= 15 is 0 Å². The van der Waals surface area contributed by atoms with Gasteiger partial charge < -0.3 is 5.32 Å². The van der Waals surface area contributed by atoms with Gasteiger partial charge in [0.25, 0.3) is 5.91 Å². The summed E-state index contributed by atoms with van der Waals surface area (Å²) in [6, 6.07) is 3.79. The molecule has 0 saturated carbocycles. The van der Waals surface area contributed by atoms with Crippen molar-refractivity contribution in [1.82, 2.24) is 10.3 Å². The van der Waals surface area contributed by atoms with Crippen LogP contribution in [0.3, 0.4) is 0 Å². The number of pyridine rings is 1. The Hall–Kier alpha value is -1.38. The van der Waals surface area contributed by atoms with Gasteiger partial charge in [0.2, 0.25) is 0 Å². The molecule has 0 bridgehead atoms. The van der Waals surface area contributed by atoms with Crippen molar-refractivity contribution in [2.24, 2.45) is 5.92 Å². The van der Waals surface area contributed by atoms with Crippen LogP contribution >= 0.6 is 0 Å². The third-order valence-corrected chi connectivity index (χ3v) is 2.12. The number of nitrogens with zero attached hydrogens (tertiary/aromatic N) is 1. The van der Waals surface area contributed by atoms with Crippen LogP contribution in [-0.2, 0) is 6.42 Å². The lowest BCUT2D eigenvalue weighted by atomic mass is 10.1. The maximum atomic E-state index is 11.8. The van der Waals surface area contributed by atoms with Crippen molar-refractivity contribution in [3.05, 3.63) is 29.6 Å². The summed E-state index contributed by atoms with van der Waals surface area (Å²) >= 11 is 0. The molecule has 0 unspecified atom stereocenters. The van der Waals surface area contributed by atoms with Crippen molar-refractivity contribution in [1.29, 1.82) is 0 Å². The van der Waals surface area contributed by atoms with Gasteiger partial charge in [0.1, 0.15) is 0 Å². The summed E-state index contributed by atoms with van der Waals surface area (Å²) in [5.41, 5.74) is 1.67. The third kappa shape index (κ3) is 4.01. The number of nitrogens with one attached hydrogen (secondary N) is 1. The van der Waals surface area contributed by atoms with E-state index in [0.29, 0.717) is 11.5 Å². The van der Waals surface area contributed by atoms with Gasteiger partial charge in [0.05, 0.1) is 0 Å². The highest BCUT2D eigenvalue weighted by Gasteiger charge is 2.08. The first-order valence-corrected chi connectivity index (χ1v) is 5.75. The van der Waals surface area contributed by atoms with Crippen LogP contribution in [0.1, 0.15) is 43.7 Å². The summed E-state index contributed by atoms with van der Waals surface area (Å²) in [5, 5.41) is 2.87. The second kappa shape index (κ2) is 5.64. The van der Waals surface area contributed by atoms with Crippen LogP contribution in [0.4, 0.5) is 0 Å². The summed E-state index contributed by atoms with van der Waals surface area (Å²) in [5.74, 6) is 0.526. The standard InChI is InChI=1S/C13H20N2O/c1-9(2)7-12-8-11(5-6-14-12)13(16)15-10(3)4/h5-6,8-10H,7H2,1-4H3,(H,15,16). The molecule has 0 spiro atoms. The lowest BCUT2D eigenvalue weighted by Gasteiger charge is -2.09. The van der Waals surface area contributed by atoms with Crippen molar-refractivity contribution in [2.45, 2.75) is 40.2 Å². The van der Waals surface area contributed by atoms with Crippen LogP contribution in [0.15, 0.2) is 18.3 Å². The minimum atomic E-state index is -0.0255. The molecule has 0 aliphatic heterocycles. The van der Waals surface area contributed by atoms with Gasteiger partial charge in [-0.3, -0.25) is 9.78 Å². The number of hydrogen-bond acceptors (Lipinski definition) is 2. The maximum absolute atomic E-state index is 11.8. The Balaban J connectivity index is 2.77. The first-order valence-electron chi connectivity index (χ1n) is 5.75. The summed E-state index contributed by atoms with van der Waals surface area (Å²) in [7, 11) is 0. The zero-order valence-electron chi connectivity index (χ0n) is 10.4. The van der Waals surface area contributed by atoms with Gasteiger partial charge >= 0.3 is 0 Å². The monoisotopic (exact) mass is 220 g/mol. The minimum Gasteiger partial charge on any atom is -0.350 e. The lowest BCUT2D eigenvalue weighted by Crippen LogP contribution is -2.30. The highest BCUT2D eigenvalue weighted by Crippen LogP contribution is 2.07. The van der Waals surface area contributed by atoms with E-state index in [1.165, 1.54) is 0 Å². The Kier molecular flexibility index (Phi) is 4.47.